The maximum Gasteiger partial charge on any atom is 0.155 e. The van der Waals surface area contributed by atoms with Crippen molar-refractivity contribution in [3.63, 3.8) is 0 Å². The minimum absolute atomic E-state index is 0.517. The molecule has 0 bridgehead atoms. The van der Waals surface area contributed by atoms with Gasteiger partial charge in [0.15, 0.2) is 5.75 Å². The Kier molecular flexibility index (Phi) is 3.79. The van der Waals surface area contributed by atoms with Crippen molar-refractivity contribution < 1.29 is 4.74 Å². The molecule has 3 nitrogen and oxygen atoms in total. The summed E-state index contributed by atoms with van der Waals surface area (Å²) in [6.45, 7) is 0.527. The van der Waals surface area contributed by atoms with Gasteiger partial charge in [0.05, 0.1) is 18.4 Å². The number of benzene rings is 2. The average Bonchev–Trinajstić information content (AvgIpc) is 2.55. The summed E-state index contributed by atoms with van der Waals surface area (Å²) in [6, 6.07) is 18.5. The molecule has 0 aliphatic rings. The highest BCUT2D eigenvalue weighted by atomic mass is 16.5. The van der Waals surface area contributed by atoms with Gasteiger partial charge >= 0.3 is 0 Å². The molecule has 0 unspecified atom stereocenters. The Balaban J connectivity index is 1.68. The maximum atomic E-state index is 9.00. The van der Waals surface area contributed by atoms with Crippen LogP contribution >= 0.6 is 0 Å². The lowest BCUT2D eigenvalue weighted by Crippen LogP contribution is -2.03. The molecule has 0 amide bonds. The van der Waals surface area contributed by atoms with E-state index in [2.05, 4.69) is 41.4 Å². The number of pyridine rings is 1. The molecule has 0 radical (unpaired) electrons. The number of hydrogen-bond acceptors (Lipinski definition) is 3. The second-order valence-electron chi connectivity index (χ2n) is 4.76. The van der Waals surface area contributed by atoms with Gasteiger partial charge in [0.1, 0.15) is 6.07 Å². The first-order valence-electron chi connectivity index (χ1n) is 6.81. The van der Waals surface area contributed by atoms with Crippen LogP contribution in [-0.2, 0) is 6.42 Å². The summed E-state index contributed by atoms with van der Waals surface area (Å²) in [5.41, 5.74) is 1.74. The van der Waals surface area contributed by atoms with Crippen molar-refractivity contribution in [2.45, 2.75) is 6.42 Å². The van der Waals surface area contributed by atoms with E-state index in [4.69, 9.17) is 10.00 Å². The molecule has 3 rings (SSSR count). The van der Waals surface area contributed by atoms with E-state index in [-0.39, 0.29) is 0 Å². The molecule has 102 valence electrons. The number of nitrogens with zero attached hydrogens (tertiary/aromatic N) is 2. The molecule has 2 aromatic carbocycles. The highest BCUT2D eigenvalue weighted by Gasteiger charge is 2.03. The molecular formula is C18H14N2O. The summed E-state index contributed by atoms with van der Waals surface area (Å²) in [5.74, 6) is 0.542. The van der Waals surface area contributed by atoms with Gasteiger partial charge < -0.3 is 4.74 Å². The van der Waals surface area contributed by atoms with Gasteiger partial charge in [-0.1, -0.05) is 42.5 Å². The molecule has 21 heavy (non-hydrogen) atoms. The van der Waals surface area contributed by atoms with Gasteiger partial charge in [0.2, 0.25) is 0 Å². The molecular weight excluding hydrogens is 260 g/mol. The van der Waals surface area contributed by atoms with Crippen LogP contribution in [-0.4, -0.2) is 11.6 Å². The predicted molar refractivity (Wildman–Crippen MR) is 82.1 cm³/mol. The Bertz CT molecular complexity index is 805. The molecule has 0 saturated heterocycles. The van der Waals surface area contributed by atoms with Crippen LogP contribution in [0.4, 0.5) is 0 Å². The van der Waals surface area contributed by atoms with Crippen LogP contribution in [0.25, 0.3) is 10.8 Å². The second-order valence-corrected chi connectivity index (χ2v) is 4.76. The Labute approximate surface area is 123 Å². The molecule has 0 N–H and O–H groups in total. The third-order valence-corrected chi connectivity index (χ3v) is 3.37. The molecule has 0 spiro atoms. The number of aromatic nitrogens is 1. The first kappa shape index (κ1) is 13.1. The first-order chi connectivity index (χ1) is 10.4. The van der Waals surface area contributed by atoms with Gasteiger partial charge in [-0.3, -0.25) is 4.98 Å². The van der Waals surface area contributed by atoms with Gasteiger partial charge in [-0.25, -0.2) is 0 Å². The SMILES string of the molecule is N#Cc1ccncc1OCCc1ccc2ccccc2c1. The lowest BCUT2D eigenvalue weighted by Gasteiger charge is -2.08. The van der Waals surface area contributed by atoms with Crippen molar-refractivity contribution in [3.8, 4) is 11.8 Å². The monoisotopic (exact) mass is 274 g/mol. The van der Waals surface area contributed by atoms with Crippen molar-refractivity contribution in [1.82, 2.24) is 4.98 Å². The fourth-order valence-corrected chi connectivity index (χ4v) is 2.26. The second kappa shape index (κ2) is 6.06. The topological polar surface area (TPSA) is 45.9 Å². The van der Waals surface area contributed by atoms with E-state index in [9.17, 15) is 0 Å². The van der Waals surface area contributed by atoms with Gasteiger partial charge in [0, 0.05) is 12.6 Å². The van der Waals surface area contributed by atoms with Crippen LogP contribution in [0.2, 0.25) is 0 Å². The van der Waals surface area contributed by atoms with Gasteiger partial charge in [-0.05, 0) is 22.4 Å². The third kappa shape index (κ3) is 3.01. The van der Waals surface area contributed by atoms with Crippen LogP contribution < -0.4 is 4.74 Å². The Morgan fingerprint density at radius 3 is 2.76 bits per heavy atom. The van der Waals surface area contributed by atoms with Gasteiger partial charge in [-0.2, -0.15) is 5.26 Å². The summed E-state index contributed by atoms with van der Waals surface area (Å²) in [5, 5.41) is 11.5. The minimum Gasteiger partial charge on any atom is -0.490 e. The fourth-order valence-electron chi connectivity index (χ4n) is 2.26. The van der Waals surface area contributed by atoms with E-state index in [1.165, 1.54) is 16.3 Å². The molecule has 3 heteroatoms. The Morgan fingerprint density at radius 2 is 1.90 bits per heavy atom. The van der Waals surface area contributed by atoms with Crippen molar-refractivity contribution in [1.29, 1.82) is 5.26 Å². The maximum absolute atomic E-state index is 9.00. The number of rotatable bonds is 4. The number of hydrogen-bond donors (Lipinski definition) is 0. The molecule has 3 aromatic rings. The molecule has 0 saturated carbocycles. The van der Waals surface area contributed by atoms with Crippen LogP contribution in [0.3, 0.4) is 0 Å². The van der Waals surface area contributed by atoms with Gasteiger partial charge in [-0.15, -0.1) is 0 Å². The van der Waals surface area contributed by atoms with E-state index in [0.717, 1.165) is 6.42 Å². The average molecular weight is 274 g/mol. The van der Waals surface area contributed by atoms with E-state index in [0.29, 0.717) is 17.9 Å². The molecule has 1 heterocycles. The van der Waals surface area contributed by atoms with E-state index in [1.54, 1.807) is 18.5 Å². The number of fused-ring (bicyclic) bond motifs is 1. The summed E-state index contributed by atoms with van der Waals surface area (Å²) in [6.07, 6.45) is 3.97. The largest absolute Gasteiger partial charge is 0.490 e. The first-order valence-corrected chi connectivity index (χ1v) is 6.81. The lowest BCUT2D eigenvalue weighted by molar-refractivity contribution is 0.320. The molecule has 1 aromatic heterocycles. The predicted octanol–water partition coefficient (Wildman–Crippen LogP) is 3.73. The molecule has 0 atom stereocenters. The van der Waals surface area contributed by atoms with Crippen LogP contribution in [0, 0.1) is 11.3 Å². The number of ether oxygens (including phenoxy) is 1. The Hall–Kier alpha value is -2.86. The van der Waals surface area contributed by atoms with E-state index < -0.39 is 0 Å². The lowest BCUT2D eigenvalue weighted by atomic mass is 10.1. The number of nitriles is 1. The minimum atomic E-state index is 0.517. The summed E-state index contributed by atoms with van der Waals surface area (Å²) < 4.78 is 5.66. The zero-order valence-corrected chi connectivity index (χ0v) is 11.5. The van der Waals surface area contributed by atoms with Crippen molar-refractivity contribution >= 4 is 10.8 Å². The quantitative estimate of drug-likeness (QED) is 0.728. The van der Waals surface area contributed by atoms with Crippen molar-refractivity contribution in [2.24, 2.45) is 0 Å². The summed E-state index contributed by atoms with van der Waals surface area (Å²) >= 11 is 0. The summed E-state index contributed by atoms with van der Waals surface area (Å²) in [7, 11) is 0. The molecule has 0 aliphatic carbocycles. The highest BCUT2D eigenvalue weighted by Crippen LogP contribution is 2.18. The standard InChI is InChI=1S/C18H14N2O/c19-12-17-7-9-20-13-18(17)21-10-8-14-5-6-15-3-1-2-4-16(15)11-14/h1-7,9,11,13H,8,10H2. The van der Waals surface area contributed by atoms with Gasteiger partial charge in [0.25, 0.3) is 0 Å². The normalized spacial score (nSPS) is 10.2. The third-order valence-electron chi connectivity index (χ3n) is 3.37. The van der Waals surface area contributed by atoms with E-state index in [1.807, 2.05) is 12.1 Å². The molecule has 0 fully saturated rings. The zero-order chi connectivity index (χ0) is 14.5. The smallest absolute Gasteiger partial charge is 0.155 e. The highest BCUT2D eigenvalue weighted by molar-refractivity contribution is 5.82. The van der Waals surface area contributed by atoms with E-state index >= 15 is 0 Å². The van der Waals surface area contributed by atoms with Crippen molar-refractivity contribution in [3.05, 3.63) is 72.1 Å². The van der Waals surface area contributed by atoms with Crippen LogP contribution in [0.5, 0.6) is 5.75 Å². The molecule has 0 aliphatic heterocycles. The van der Waals surface area contributed by atoms with Crippen molar-refractivity contribution in [2.75, 3.05) is 6.61 Å². The van der Waals surface area contributed by atoms with Crippen LogP contribution in [0.15, 0.2) is 60.9 Å². The van der Waals surface area contributed by atoms with Crippen LogP contribution in [0.1, 0.15) is 11.1 Å². The fraction of sp³-hybridized carbons (Fsp3) is 0.111. The summed E-state index contributed by atoms with van der Waals surface area (Å²) in [4.78, 5) is 3.98. The Morgan fingerprint density at radius 1 is 1.05 bits per heavy atom. The zero-order valence-electron chi connectivity index (χ0n) is 11.5.